The average Bonchev–Trinajstić information content (AvgIpc) is 3.09. The molecule has 3 rings (SSSR count). The minimum Gasteiger partial charge on any atom is -0.461 e. The van der Waals surface area contributed by atoms with E-state index < -0.39 is 0 Å². The molecule has 0 N–H and O–H groups in total. The summed E-state index contributed by atoms with van der Waals surface area (Å²) in [6.07, 6.45) is 2.66. The summed E-state index contributed by atoms with van der Waals surface area (Å²) in [6, 6.07) is 13.9. The van der Waals surface area contributed by atoms with Crippen LogP contribution in [0, 0.1) is 0 Å². The van der Waals surface area contributed by atoms with Crippen LogP contribution in [0.1, 0.15) is 12.5 Å². The standard InChI is InChI=1S/C15H13NO2/c1-2-11-5-7-12(8-6-11)13-10-15(18-16-13)14-4-3-9-17-14/h3-10H,2H2,1H3. The summed E-state index contributed by atoms with van der Waals surface area (Å²) >= 11 is 0. The highest BCUT2D eigenvalue weighted by atomic mass is 16.5. The molecule has 90 valence electrons. The Balaban J connectivity index is 1.92. The number of benzene rings is 1. The second-order valence-electron chi connectivity index (χ2n) is 4.10. The fourth-order valence-corrected chi connectivity index (χ4v) is 1.86. The monoisotopic (exact) mass is 239 g/mol. The van der Waals surface area contributed by atoms with E-state index in [2.05, 4.69) is 36.3 Å². The molecule has 0 aliphatic heterocycles. The fourth-order valence-electron chi connectivity index (χ4n) is 1.86. The smallest absolute Gasteiger partial charge is 0.202 e. The summed E-state index contributed by atoms with van der Waals surface area (Å²) in [5.74, 6) is 1.34. The van der Waals surface area contributed by atoms with Gasteiger partial charge in [-0.25, -0.2) is 0 Å². The van der Waals surface area contributed by atoms with Crippen molar-refractivity contribution in [1.82, 2.24) is 5.16 Å². The van der Waals surface area contributed by atoms with Gasteiger partial charge in [0.1, 0.15) is 5.69 Å². The van der Waals surface area contributed by atoms with Gasteiger partial charge in [-0.2, -0.15) is 0 Å². The Morgan fingerprint density at radius 3 is 2.56 bits per heavy atom. The van der Waals surface area contributed by atoms with Crippen molar-refractivity contribution in [2.45, 2.75) is 13.3 Å². The van der Waals surface area contributed by atoms with Crippen LogP contribution in [0.4, 0.5) is 0 Å². The van der Waals surface area contributed by atoms with Gasteiger partial charge in [-0.1, -0.05) is 36.3 Å². The van der Waals surface area contributed by atoms with Crippen molar-refractivity contribution in [3.63, 3.8) is 0 Å². The van der Waals surface area contributed by atoms with Gasteiger partial charge in [-0.05, 0) is 24.1 Å². The normalized spacial score (nSPS) is 10.7. The topological polar surface area (TPSA) is 39.2 Å². The highest BCUT2D eigenvalue weighted by Crippen LogP contribution is 2.26. The number of nitrogens with zero attached hydrogens (tertiary/aromatic N) is 1. The van der Waals surface area contributed by atoms with Crippen LogP contribution in [0.2, 0.25) is 0 Å². The van der Waals surface area contributed by atoms with E-state index in [0.29, 0.717) is 11.5 Å². The van der Waals surface area contributed by atoms with Crippen LogP contribution in [-0.4, -0.2) is 5.16 Å². The molecule has 0 aliphatic rings. The van der Waals surface area contributed by atoms with Gasteiger partial charge >= 0.3 is 0 Å². The van der Waals surface area contributed by atoms with E-state index in [4.69, 9.17) is 8.94 Å². The van der Waals surface area contributed by atoms with Gasteiger partial charge < -0.3 is 8.94 Å². The maximum absolute atomic E-state index is 5.28. The van der Waals surface area contributed by atoms with Crippen LogP contribution in [0.15, 0.2) is 57.7 Å². The summed E-state index contributed by atoms with van der Waals surface area (Å²) in [4.78, 5) is 0. The molecule has 3 aromatic rings. The molecule has 0 saturated heterocycles. The zero-order chi connectivity index (χ0) is 12.4. The minimum atomic E-state index is 0.648. The van der Waals surface area contributed by atoms with Crippen molar-refractivity contribution in [1.29, 1.82) is 0 Å². The van der Waals surface area contributed by atoms with Crippen molar-refractivity contribution in [2.24, 2.45) is 0 Å². The Morgan fingerprint density at radius 1 is 1.06 bits per heavy atom. The maximum atomic E-state index is 5.28. The van der Waals surface area contributed by atoms with Crippen molar-refractivity contribution in [3.8, 4) is 22.8 Å². The van der Waals surface area contributed by atoms with Crippen LogP contribution in [0.3, 0.4) is 0 Å². The first kappa shape index (κ1) is 10.8. The van der Waals surface area contributed by atoms with E-state index in [9.17, 15) is 0 Å². The van der Waals surface area contributed by atoms with Gasteiger partial charge in [0.2, 0.25) is 5.76 Å². The Labute approximate surface area is 105 Å². The lowest BCUT2D eigenvalue weighted by Gasteiger charge is -1.97. The van der Waals surface area contributed by atoms with Gasteiger partial charge in [-0.3, -0.25) is 0 Å². The van der Waals surface area contributed by atoms with Gasteiger partial charge in [0.25, 0.3) is 0 Å². The number of aromatic nitrogens is 1. The van der Waals surface area contributed by atoms with E-state index in [1.807, 2.05) is 18.2 Å². The minimum absolute atomic E-state index is 0.648. The third-order valence-electron chi connectivity index (χ3n) is 2.93. The predicted molar refractivity (Wildman–Crippen MR) is 69.0 cm³/mol. The maximum Gasteiger partial charge on any atom is 0.202 e. The SMILES string of the molecule is CCc1ccc(-c2cc(-c3ccco3)on2)cc1. The Hall–Kier alpha value is -2.29. The summed E-state index contributed by atoms with van der Waals surface area (Å²) in [5.41, 5.74) is 3.19. The highest BCUT2D eigenvalue weighted by molar-refractivity contribution is 5.64. The third kappa shape index (κ3) is 1.95. The molecule has 0 atom stereocenters. The lowest BCUT2D eigenvalue weighted by atomic mass is 10.1. The molecule has 3 heteroatoms. The molecule has 1 aromatic carbocycles. The quantitative estimate of drug-likeness (QED) is 0.688. The average molecular weight is 239 g/mol. The molecule has 0 fully saturated rings. The van der Waals surface area contributed by atoms with Crippen molar-refractivity contribution in [2.75, 3.05) is 0 Å². The van der Waals surface area contributed by atoms with E-state index in [1.54, 1.807) is 6.26 Å². The Kier molecular flexibility index (Phi) is 2.73. The van der Waals surface area contributed by atoms with Crippen LogP contribution in [-0.2, 0) is 6.42 Å². The molecule has 18 heavy (non-hydrogen) atoms. The summed E-state index contributed by atoms with van der Waals surface area (Å²) in [5, 5.41) is 4.06. The number of aryl methyl sites for hydroxylation is 1. The summed E-state index contributed by atoms with van der Waals surface area (Å²) in [6.45, 7) is 2.14. The molecule has 3 nitrogen and oxygen atoms in total. The van der Waals surface area contributed by atoms with Gasteiger partial charge in [0.05, 0.1) is 6.26 Å². The lowest BCUT2D eigenvalue weighted by molar-refractivity contribution is 0.420. The molecule has 0 unspecified atom stereocenters. The van der Waals surface area contributed by atoms with Crippen molar-refractivity contribution < 1.29 is 8.94 Å². The largest absolute Gasteiger partial charge is 0.461 e. The molecule has 2 heterocycles. The van der Waals surface area contributed by atoms with Crippen LogP contribution in [0.25, 0.3) is 22.8 Å². The van der Waals surface area contributed by atoms with Gasteiger partial charge in [-0.15, -0.1) is 0 Å². The first-order valence-electron chi connectivity index (χ1n) is 5.96. The van der Waals surface area contributed by atoms with Crippen molar-refractivity contribution in [3.05, 3.63) is 54.3 Å². The molecule has 2 aromatic heterocycles. The second-order valence-corrected chi connectivity index (χ2v) is 4.10. The molecule has 0 radical (unpaired) electrons. The third-order valence-corrected chi connectivity index (χ3v) is 2.93. The second kappa shape index (κ2) is 4.53. The summed E-state index contributed by atoms with van der Waals surface area (Å²) in [7, 11) is 0. The first-order valence-corrected chi connectivity index (χ1v) is 5.96. The fraction of sp³-hybridized carbons (Fsp3) is 0.133. The van der Waals surface area contributed by atoms with Crippen LogP contribution in [0.5, 0.6) is 0 Å². The van der Waals surface area contributed by atoms with Crippen molar-refractivity contribution >= 4 is 0 Å². The lowest BCUT2D eigenvalue weighted by Crippen LogP contribution is -1.80. The summed E-state index contributed by atoms with van der Waals surface area (Å²) < 4.78 is 10.5. The first-order chi connectivity index (χ1) is 8.86. The van der Waals surface area contributed by atoms with Gasteiger partial charge in [0, 0.05) is 11.6 Å². The zero-order valence-electron chi connectivity index (χ0n) is 10.1. The molecular formula is C15H13NO2. The van der Waals surface area contributed by atoms with E-state index in [-0.39, 0.29) is 0 Å². The number of hydrogen-bond donors (Lipinski definition) is 0. The Bertz CT molecular complexity index is 621. The molecule has 0 spiro atoms. The van der Waals surface area contributed by atoms with Crippen LogP contribution >= 0.6 is 0 Å². The molecule has 0 aliphatic carbocycles. The molecule has 0 saturated carbocycles. The zero-order valence-corrected chi connectivity index (χ0v) is 10.1. The van der Waals surface area contributed by atoms with E-state index >= 15 is 0 Å². The Morgan fingerprint density at radius 2 is 1.89 bits per heavy atom. The number of hydrogen-bond acceptors (Lipinski definition) is 3. The molecule has 0 bridgehead atoms. The molecular weight excluding hydrogens is 226 g/mol. The highest BCUT2D eigenvalue weighted by Gasteiger charge is 2.10. The van der Waals surface area contributed by atoms with Gasteiger partial charge in [0.15, 0.2) is 5.76 Å². The molecule has 0 amide bonds. The number of rotatable bonds is 3. The number of furan rings is 1. The van der Waals surface area contributed by atoms with E-state index in [1.165, 1.54) is 5.56 Å². The predicted octanol–water partition coefficient (Wildman–Crippen LogP) is 4.16. The van der Waals surface area contributed by atoms with E-state index in [0.717, 1.165) is 17.7 Å². The van der Waals surface area contributed by atoms with Crippen LogP contribution < -0.4 is 0 Å².